The molecular weight excluding hydrogens is 272 g/mol. The Labute approximate surface area is 123 Å². The van der Waals surface area contributed by atoms with Crippen molar-refractivity contribution in [2.75, 3.05) is 13.6 Å². The number of hydrogen-bond acceptors (Lipinski definition) is 1. The SMILES string of the molecule is CN(CC1CCCC1)C(=O)c1cc2cccc(Cl)c2[nH]1. The van der Waals surface area contributed by atoms with Crippen LogP contribution in [-0.4, -0.2) is 29.4 Å². The Hall–Kier alpha value is -1.48. The molecule has 1 N–H and O–H groups in total. The molecule has 1 aliphatic carbocycles. The quantitative estimate of drug-likeness (QED) is 0.908. The zero-order valence-corrected chi connectivity index (χ0v) is 12.4. The lowest BCUT2D eigenvalue weighted by atomic mass is 10.1. The van der Waals surface area contributed by atoms with Crippen LogP contribution in [0.1, 0.15) is 36.2 Å². The normalized spacial score (nSPS) is 15.9. The number of fused-ring (bicyclic) bond motifs is 1. The van der Waals surface area contributed by atoms with Gasteiger partial charge in [0.1, 0.15) is 5.69 Å². The van der Waals surface area contributed by atoms with E-state index in [0.717, 1.165) is 17.4 Å². The molecule has 0 atom stereocenters. The first-order valence-corrected chi connectivity index (χ1v) is 7.55. The predicted octanol–water partition coefficient (Wildman–Crippen LogP) is 4.08. The van der Waals surface area contributed by atoms with Crippen molar-refractivity contribution in [3.63, 3.8) is 0 Å². The smallest absolute Gasteiger partial charge is 0.270 e. The summed E-state index contributed by atoms with van der Waals surface area (Å²) in [5.74, 6) is 0.709. The number of benzene rings is 1. The second-order valence-electron chi connectivity index (χ2n) is 5.72. The van der Waals surface area contributed by atoms with Crippen LogP contribution in [0.3, 0.4) is 0 Å². The Morgan fingerprint density at radius 3 is 2.85 bits per heavy atom. The van der Waals surface area contributed by atoms with Crippen LogP contribution in [0.2, 0.25) is 5.02 Å². The fourth-order valence-corrected chi connectivity index (χ4v) is 3.33. The number of nitrogens with zero attached hydrogens (tertiary/aromatic N) is 1. The average molecular weight is 291 g/mol. The maximum absolute atomic E-state index is 12.5. The molecule has 1 aromatic heterocycles. The number of halogens is 1. The molecule has 3 rings (SSSR count). The highest BCUT2D eigenvalue weighted by atomic mass is 35.5. The van der Waals surface area contributed by atoms with Crippen LogP contribution in [-0.2, 0) is 0 Å². The number of nitrogens with one attached hydrogen (secondary N) is 1. The van der Waals surface area contributed by atoms with E-state index >= 15 is 0 Å². The third-order valence-corrected chi connectivity index (χ3v) is 4.50. The van der Waals surface area contributed by atoms with Gasteiger partial charge in [-0.05, 0) is 30.9 Å². The van der Waals surface area contributed by atoms with Crippen molar-refractivity contribution in [3.8, 4) is 0 Å². The highest BCUT2D eigenvalue weighted by molar-refractivity contribution is 6.35. The molecule has 0 aliphatic heterocycles. The standard InChI is InChI=1S/C16H19ClN2O/c1-19(10-11-5-2-3-6-11)16(20)14-9-12-7-4-8-13(17)15(12)18-14/h4,7-9,11,18H,2-3,5-6,10H2,1H3. The minimum absolute atomic E-state index is 0.0455. The fourth-order valence-electron chi connectivity index (χ4n) is 3.10. The number of carbonyl (C=O) groups is 1. The molecule has 1 aromatic carbocycles. The molecule has 2 aromatic rings. The van der Waals surface area contributed by atoms with Gasteiger partial charge in [-0.15, -0.1) is 0 Å². The molecular formula is C16H19ClN2O. The summed E-state index contributed by atoms with van der Waals surface area (Å²) in [7, 11) is 1.88. The van der Waals surface area contributed by atoms with Crippen LogP contribution >= 0.6 is 11.6 Å². The summed E-state index contributed by atoms with van der Waals surface area (Å²) in [5, 5.41) is 1.63. The minimum Gasteiger partial charge on any atom is -0.349 e. The molecule has 3 nitrogen and oxygen atoms in total. The molecule has 106 valence electrons. The zero-order valence-electron chi connectivity index (χ0n) is 11.7. The third-order valence-electron chi connectivity index (χ3n) is 4.19. The van der Waals surface area contributed by atoms with Crippen LogP contribution in [0.25, 0.3) is 10.9 Å². The number of H-pyrrole nitrogens is 1. The summed E-state index contributed by atoms with van der Waals surface area (Å²) in [6.45, 7) is 0.849. The molecule has 1 amide bonds. The van der Waals surface area contributed by atoms with Crippen LogP contribution in [0.15, 0.2) is 24.3 Å². The topological polar surface area (TPSA) is 36.1 Å². The summed E-state index contributed by atoms with van der Waals surface area (Å²) in [4.78, 5) is 17.4. The predicted molar refractivity (Wildman–Crippen MR) is 82.2 cm³/mol. The van der Waals surface area contributed by atoms with E-state index in [1.54, 1.807) is 0 Å². The third kappa shape index (κ3) is 2.55. The lowest BCUT2D eigenvalue weighted by Crippen LogP contribution is -2.31. The van der Waals surface area contributed by atoms with Crippen LogP contribution in [0.5, 0.6) is 0 Å². The van der Waals surface area contributed by atoms with Crippen LogP contribution < -0.4 is 0 Å². The van der Waals surface area contributed by atoms with E-state index in [1.165, 1.54) is 25.7 Å². The van der Waals surface area contributed by atoms with Crippen molar-refractivity contribution in [1.82, 2.24) is 9.88 Å². The molecule has 1 fully saturated rings. The number of aromatic amines is 1. The lowest BCUT2D eigenvalue weighted by Gasteiger charge is -2.20. The monoisotopic (exact) mass is 290 g/mol. The molecule has 0 spiro atoms. The number of hydrogen-bond donors (Lipinski definition) is 1. The fraction of sp³-hybridized carbons (Fsp3) is 0.438. The van der Waals surface area contributed by atoms with Gasteiger partial charge in [-0.25, -0.2) is 0 Å². The highest BCUT2D eigenvalue weighted by Gasteiger charge is 2.21. The summed E-state index contributed by atoms with van der Waals surface area (Å²) in [6.07, 6.45) is 5.09. The van der Waals surface area contributed by atoms with E-state index in [-0.39, 0.29) is 5.91 Å². The van der Waals surface area contributed by atoms with Crippen molar-refractivity contribution >= 4 is 28.4 Å². The van der Waals surface area contributed by atoms with E-state index in [1.807, 2.05) is 36.2 Å². The summed E-state index contributed by atoms with van der Waals surface area (Å²) < 4.78 is 0. The van der Waals surface area contributed by atoms with E-state index in [4.69, 9.17) is 11.6 Å². The Balaban J connectivity index is 1.79. The van der Waals surface area contributed by atoms with Gasteiger partial charge in [0, 0.05) is 19.0 Å². The van der Waals surface area contributed by atoms with Gasteiger partial charge in [-0.1, -0.05) is 36.6 Å². The first-order valence-electron chi connectivity index (χ1n) is 7.18. The summed E-state index contributed by atoms with van der Waals surface area (Å²) >= 11 is 6.14. The molecule has 20 heavy (non-hydrogen) atoms. The number of para-hydroxylation sites is 1. The van der Waals surface area contributed by atoms with Crippen LogP contribution in [0.4, 0.5) is 0 Å². The number of rotatable bonds is 3. The molecule has 1 saturated carbocycles. The Kier molecular flexibility index (Phi) is 3.70. The zero-order chi connectivity index (χ0) is 14.1. The van der Waals surface area contributed by atoms with Crippen molar-refractivity contribution in [1.29, 1.82) is 0 Å². The summed E-state index contributed by atoms with van der Waals surface area (Å²) in [6, 6.07) is 7.58. The number of aromatic nitrogens is 1. The van der Waals surface area contributed by atoms with Gasteiger partial charge in [-0.3, -0.25) is 4.79 Å². The Morgan fingerprint density at radius 2 is 2.15 bits per heavy atom. The largest absolute Gasteiger partial charge is 0.349 e. The van der Waals surface area contributed by atoms with Crippen molar-refractivity contribution in [2.45, 2.75) is 25.7 Å². The molecule has 0 bridgehead atoms. The van der Waals surface area contributed by atoms with Gasteiger partial charge < -0.3 is 9.88 Å². The second kappa shape index (κ2) is 5.49. The molecule has 1 heterocycles. The lowest BCUT2D eigenvalue weighted by molar-refractivity contribution is 0.0768. The average Bonchev–Trinajstić information content (AvgIpc) is 3.07. The molecule has 0 saturated heterocycles. The first-order chi connectivity index (χ1) is 9.65. The van der Waals surface area contributed by atoms with Gasteiger partial charge in [0.15, 0.2) is 0 Å². The Morgan fingerprint density at radius 1 is 1.40 bits per heavy atom. The highest BCUT2D eigenvalue weighted by Crippen LogP contribution is 2.27. The van der Waals surface area contributed by atoms with Gasteiger partial charge in [-0.2, -0.15) is 0 Å². The minimum atomic E-state index is 0.0455. The van der Waals surface area contributed by atoms with E-state index in [0.29, 0.717) is 16.6 Å². The first kappa shape index (κ1) is 13.5. The molecule has 1 aliphatic rings. The van der Waals surface area contributed by atoms with Crippen LogP contribution in [0, 0.1) is 5.92 Å². The molecule has 0 unspecified atom stereocenters. The maximum Gasteiger partial charge on any atom is 0.270 e. The van der Waals surface area contributed by atoms with Gasteiger partial charge >= 0.3 is 0 Å². The van der Waals surface area contributed by atoms with E-state index < -0.39 is 0 Å². The van der Waals surface area contributed by atoms with E-state index in [2.05, 4.69) is 4.98 Å². The van der Waals surface area contributed by atoms with Gasteiger partial charge in [0.25, 0.3) is 5.91 Å². The Bertz CT molecular complexity index is 628. The molecule has 4 heteroatoms. The molecule has 0 radical (unpaired) electrons. The van der Waals surface area contributed by atoms with Gasteiger partial charge in [0.05, 0.1) is 10.5 Å². The van der Waals surface area contributed by atoms with Gasteiger partial charge in [0.2, 0.25) is 0 Å². The van der Waals surface area contributed by atoms with Crippen molar-refractivity contribution in [2.24, 2.45) is 5.92 Å². The second-order valence-corrected chi connectivity index (χ2v) is 6.13. The number of carbonyl (C=O) groups excluding carboxylic acids is 1. The van der Waals surface area contributed by atoms with E-state index in [9.17, 15) is 4.79 Å². The van der Waals surface area contributed by atoms with Crippen molar-refractivity contribution < 1.29 is 4.79 Å². The van der Waals surface area contributed by atoms with Crippen molar-refractivity contribution in [3.05, 3.63) is 35.0 Å². The maximum atomic E-state index is 12.5. The number of amides is 1. The summed E-state index contributed by atoms with van der Waals surface area (Å²) in [5.41, 5.74) is 1.46.